The molecule has 0 aliphatic carbocycles. The van der Waals surface area contributed by atoms with E-state index in [2.05, 4.69) is 0 Å². The molecule has 0 saturated carbocycles. The van der Waals surface area contributed by atoms with Gasteiger partial charge in [-0.3, -0.25) is 0 Å². The SMILES string of the molecule is CC(N)c1cc2cc(C(F)(F)F)ccc2s1. The maximum Gasteiger partial charge on any atom is 0.416 e. The number of fused-ring (bicyclic) bond motifs is 1. The van der Waals surface area contributed by atoms with Crippen molar-refractivity contribution in [3.8, 4) is 0 Å². The lowest BCUT2D eigenvalue weighted by Gasteiger charge is -2.05. The Hall–Kier alpha value is -1.07. The summed E-state index contributed by atoms with van der Waals surface area (Å²) in [6.07, 6.45) is -4.29. The number of alkyl halides is 3. The van der Waals surface area contributed by atoms with Gasteiger partial charge in [0.05, 0.1) is 5.56 Å². The Morgan fingerprint density at radius 3 is 2.50 bits per heavy atom. The molecular weight excluding hydrogens is 235 g/mol. The van der Waals surface area contributed by atoms with Crippen molar-refractivity contribution >= 4 is 21.4 Å². The number of thiophene rings is 1. The Balaban J connectivity index is 2.54. The van der Waals surface area contributed by atoms with Crippen molar-refractivity contribution < 1.29 is 13.2 Å². The maximum atomic E-state index is 12.5. The molecule has 5 heteroatoms. The normalized spacial score (nSPS) is 14.3. The summed E-state index contributed by atoms with van der Waals surface area (Å²) in [4.78, 5) is 0.898. The van der Waals surface area contributed by atoms with E-state index in [1.165, 1.54) is 17.4 Å². The fourth-order valence-electron chi connectivity index (χ4n) is 1.46. The van der Waals surface area contributed by atoms with Gasteiger partial charge in [0.15, 0.2) is 0 Å². The first-order chi connectivity index (χ1) is 7.38. The van der Waals surface area contributed by atoms with Gasteiger partial charge in [-0.1, -0.05) is 0 Å². The van der Waals surface area contributed by atoms with Crippen molar-refractivity contribution in [1.29, 1.82) is 0 Å². The molecule has 0 amide bonds. The first kappa shape index (κ1) is 11.4. The number of hydrogen-bond acceptors (Lipinski definition) is 2. The van der Waals surface area contributed by atoms with E-state index < -0.39 is 11.7 Å². The third kappa shape index (κ3) is 2.05. The second kappa shape index (κ2) is 3.75. The fraction of sp³-hybridized carbons (Fsp3) is 0.273. The summed E-state index contributed by atoms with van der Waals surface area (Å²) in [5.74, 6) is 0. The summed E-state index contributed by atoms with van der Waals surface area (Å²) >= 11 is 1.43. The summed E-state index contributed by atoms with van der Waals surface area (Å²) < 4.78 is 38.2. The average Bonchev–Trinajstić information content (AvgIpc) is 2.58. The van der Waals surface area contributed by atoms with Gasteiger partial charge in [-0.05, 0) is 36.6 Å². The Kier molecular flexibility index (Phi) is 2.67. The van der Waals surface area contributed by atoms with E-state index in [-0.39, 0.29) is 6.04 Å². The molecule has 0 bridgehead atoms. The van der Waals surface area contributed by atoms with Crippen LogP contribution in [0.3, 0.4) is 0 Å². The third-order valence-electron chi connectivity index (χ3n) is 2.31. The first-order valence-corrected chi connectivity index (χ1v) is 5.56. The zero-order chi connectivity index (χ0) is 11.9. The van der Waals surface area contributed by atoms with E-state index >= 15 is 0 Å². The van der Waals surface area contributed by atoms with E-state index in [1.54, 1.807) is 6.07 Å². The lowest BCUT2D eigenvalue weighted by Crippen LogP contribution is -2.03. The summed E-state index contributed by atoms with van der Waals surface area (Å²) in [5.41, 5.74) is 5.07. The van der Waals surface area contributed by atoms with Gasteiger partial charge >= 0.3 is 6.18 Å². The van der Waals surface area contributed by atoms with Gasteiger partial charge in [-0.25, -0.2) is 0 Å². The van der Waals surface area contributed by atoms with Crippen LogP contribution in [0.5, 0.6) is 0 Å². The van der Waals surface area contributed by atoms with Crippen LogP contribution in [0.1, 0.15) is 23.4 Å². The Morgan fingerprint density at radius 1 is 1.25 bits per heavy atom. The Morgan fingerprint density at radius 2 is 1.94 bits per heavy atom. The van der Waals surface area contributed by atoms with Gasteiger partial charge < -0.3 is 5.73 Å². The van der Waals surface area contributed by atoms with Gasteiger partial charge in [0.2, 0.25) is 0 Å². The molecule has 0 spiro atoms. The molecule has 86 valence electrons. The minimum absolute atomic E-state index is 0.147. The second-order valence-electron chi connectivity index (χ2n) is 3.69. The molecule has 0 aliphatic heterocycles. The number of halogens is 3. The molecule has 1 aromatic carbocycles. The first-order valence-electron chi connectivity index (χ1n) is 4.74. The summed E-state index contributed by atoms with van der Waals surface area (Å²) in [7, 11) is 0. The van der Waals surface area contributed by atoms with Crippen LogP contribution in [0.25, 0.3) is 10.1 Å². The van der Waals surface area contributed by atoms with Gasteiger partial charge in [0.1, 0.15) is 0 Å². The summed E-state index contributed by atoms with van der Waals surface area (Å²) in [5, 5.41) is 0.604. The zero-order valence-corrected chi connectivity index (χ0v) is 9.32. The monoisotopic (exact) mass is 245 g/mol. The summed E-state index contributed by atoms with van der Waals surface area (Å²) in [6, 6.07) is 5.34. The smallest absolute Gasteiger partial charge is 0.324 e. The molecule has 16 heavy (non-hydrogen) atoms. The van der Waals surface area contributed by atoms with Crippen LogP contribution in [-0.4, -0.2) is 0 Å². The van der Waals surface area contributed by atoms with Crippen LogP contribution in [0.15, 0.2) is 24.3 Å². The molecule has 1 unspecified atom stereocenters. The van der Waals surface area contributed by atoms with Crippen molar-refractivity contribution in [2.75, 3.05) is 0 Å². The van der Waals surface area contributed by atoms with Gasteiger partial charge in [0.25, 0.3) is 0 Å². The lowest BCUT2D eigenvalue weighted by molar-refractivity contribution is -0.137. The molecule has 1 heterocycles. The van der Waals surface area contributed by atoms with Crippen LogP contribution in [-0.2, 0) is 6.18 Å². The molecule has 0 radical (unpaired) electrons. The minimum Gasteiger partial charge on any atom is -0.324 e. The largest absolute Gasteiger partial charge is 0.416 e. The molecule has 1 aromatic heterocycles. The van der Waals surface area contributed by atoms with Crippen LogP contribution in [0.2, 0.25) is 0 Å². The Labute approximate surface area is 94.7 Å². The number of benzene rings is 1. The van der Waals surface area contributed by atoms with Gasteiger partial charge in [-0.15, -0.1) is 11.3 Å². The molecule has 2 rings (SSSR count). The minimum atomic E-state index is -4.29. The third-order valence-corrected chi connectivity index (χ3v) is 3.63. The van der Waals surface area contributed by atoms with Crippen LogP contribution >= 0.6 is 11.3 Å². The zero-order valence-electron chi connectivity index (χ0n) is 8.51. The van der Waals surface area contributed by atoms with Crippen molar-refractivity contribution in [3.05, 3.63) is 34.7 Å². The van der Waals surface area contributed by atoms with E-state index in [9.17, 15) is 13.2 Å². The fourth-order valence-corrected chi connectivity index (χ4v) is 2.46. The molecule has 1 atom stereocenters. The molecule has 0 aliphatic rings. The topological polar surface area (TPSA) is 26.0 Å². The standard InChI is InChI=1S/C11H10F3NS/c1-6(15)10-5-7-4-8(11(12,13)14)2-3-9(7)16-10/h2-6H,15H2,1H3. The predicted molar refractivity (Wildman–Crippen MR) is 59.4 cm³/mol. The molecule has 2 aromatic rings. The lowest BCUT2D eigenvalue weighted by atomic mass is 10.1. The highest BCUT2D eigenvalue weighted by Crippen LogP contribution is 2.35. The highest BCUT2D eigenvalue weighted by Gasteiger charge is 2.30. The predicted octanol–water partition coefficient (Wildman–Crippen LogP) is 3.94. The van der Waals surface area contributed by atoms with E-state index in [4.69, 9.17) is 5.73 Å². The van der Waals surface area contributed by atoms with Crippen molar-refractivity contribution in [1.82, 2.24) is 0 Å². The molecule has 1 nitrogen and oxygen atoms in total. The maximum absolute atomic E-state index is 12.5. The summed E-state index contributed by atoms with van der Waals surface area (Å²) in [6.45, 7) is 1.81. The molecule has 2 N–H and O–H groups in total. The van der Waals surface area contributed by atoms with Crippen molar-refractivity contribution in [2.24, 2.45) is 5.73 Å². The van der Waals surface area contributed by atoms with Crippen molar-refractivity contribution in [2.45, 2.75) is 19.1 Å². The van der Waals surface area contributed by atoms with Gasteiger partial charge in [0, 0.05) is 15.6 Å². The molecule has 0 saturated heterocycles. The highest BCUT2D eigenvalue weighted by molar-refractivity contribution is 7.19. The Bertz CT molecular complexity index is 513. The van der Waals surface area contributed by atoms with E-state index in [1.807, 2.05) is 6.92 Å². The number of nitrogens with two attached hydrogens (primary N) is 1. The molecule has 0 fully saturated rings. The second-order valence-corrected chi connectivity index (χ2v) is 4.80. The quantitative estimate of drug-likeness (QED) is 0.809. The molecular formula is C11H10F3NS. The van der Waals surface area contributed by atoms with Gasteiger partial charge in [-0.2, -0.15) is 13.2 Å². The van der Waals surface area contributed by atoms with E-state index in [0.717, 1.165) is 21.7 Å². The van der Waals surface area contributed by atoms with Crippen LogP contribution in [0.4, 0.5) is 13.2 Å². The highest BCUT2D eigenvalue weighted by atomic mass is 32.1. The average molecular weight is 245 g/mol. The number of hydrogen-bond donors (Lipinski definition) is 1. The van der Waals surface area contributed by atoms with Crippen LogP contribution in [0, 0.1) is 0 Å². The number of rotatable bonds is 1. The van der Waals surface area contributed by atoms with Crippen molar-refractivity contribution in [3.63, 3.8) is 0 Å². The van der Waals surface area contributed by atoms with E-state index in [0.29, 0.717) is 5.39 Å². The van der Waals surface area contributed by atoms with Crippen LogP contribution < -0.4 is 5.73 Å².